The summed E-state index contributed by atoms with van der Waals surface area (Å²) in [5.74, 6) is 0. The van der Waals surface area contributed by atoms with E-state index in [4.69, 9.17) is 14.7 Å². The van der Waals surface area contributed by atoms with Crippen molar-refractivity contribution in [2.75, 3.05) is 32.8 Å². The summed E-state index contributed by atoms with van der Waals surface area (Å²) in [7, 11) is 0. The van der Waals surface area contributed by atoms with Gasteiger partial charge in [0.1, 0.15) is 6.10 Å². The van der Waals surface area contributed by atoms with Gasteiger partial charge in [-0.2, -0.15) is 10.5 Å². The minimum Gasteiger partial charge on any atom is -0.371 e. The molecule has 1 aliphatic carbocycles. The molecule has 5 rings (SSSR count). The van der Waals surface area contributed by atoms with Crippen LogP contribution in [0.2, 0.25) is 0 Å². The molecular weight excluding hydrogens is 332 g/mol. The molecule has 1 saturated carbocycles. The first kappa shape index (κ1) is 16.8. The van der Waals surface area contributed by atoms with Crippen LogP contribution >= 0.6 is 0 Å². The molecule has 1 N–H and O–H groups in total. The van der Waals surface area contributed by atoms with E-state index in [9.17, 15) is 10.1 Å². The number of urea groups is 1. The average molecular weight is 352 g/mol. The Morgan fingerprint density at radius 2 is 2.08 bits per heavy atom. The van der Waals surface area contributed by atoms with Gasteiger partial charge < -0.3 is 19.7 Å². The molecule has 134 valence electrons. The van der Waals surface area contributed by atoms with E-state index in [0.717, 1.165) is 5.56 Å². The quantitative estimate of drug-likeness (QED) is 0.893. The predicted molar refractivity (Wildman–Crippen MR) is 90.8 cm³/mol. The molecule has 1 aromatic carbocycles. The zero-order chi connectivity index (χ0) is 18.2. The first-order valence-corrected chi connectivity index (χ1v) is 8.77. The lowest BCUT2D eigenvalue weighted by Crippen LogP contribution is -2.54. The molecule has 7 nitrogen and oxygen atoms in total. The number of ether oxygens (including phenoxy) is 2. The van der Waals surface area contributed by atoms with E-state index in [1.807, 2.05) is 12.1 Å². The molecule has 0 aromatic heterocycles. The third-order valence-electron chi connectivity index (χ3n) is 5.54. The Kier molecular flexibility index (Phi) is 4.07. The number of rotatable bonds is 3. The Morgan fingerprint density at radius 3 is 2.73 bits per heavy atom. The molecule has 4 aliphatic rings. The number of hydrogen-bond acceptors (Lipinski definition) is 5. The summed E-state index contributed by atoms with van der Waals surface area (Å²) in [5, 5.41) is 21.0. The van der Waals surface area contributed by atoms with Crippen LogP contribution in [0.15, 0.2) is 24.3 Å². The largest absolute Gasteiger partial charge is 0.371 e. The fourth-order valence-corrected chi connectivity index (χ4v) is 4.12. The number of nitrogens with one attached hydrogen (secondary N) is 1. The first-order chi connectivity index (χ1) is 12.6. The molecule has 7 heteroatoms. The molecule has 0 radical (unpaired) electrons. The van der Waals surface area contributed by atoms with Gasteiger partial charge in [-0.05, 0) is 30.5 Å². The Balaban J connectivity index is 1.32. The Morgan fingerprint density at radius 1 is 1.31 bits per heavy atom. The molecule has 0 spiro atoms. The molecule has 3 saturated heterocycles. The highest BCUT2D eigenvalue weighted by molar-refractivity contribution is 5.74. The highest BCUT2D eigenvalue weighted by atomic mass is 16.5. The number of benzene rings is 1. The third-order valence-corrected chi connectivity index (χ3v) is 5.54. The number of hydrogen-bond donors (Lipinski definition) is 1. The van der Waals surface area contributed by atoms with Crippen molar-refractivity contribution < 1.29 is 14.3 Å². The van der Waals surface area contributed by atoms with Gasteiger partial charge in [-0.1, -0.05) is 12.1 Å². The maximum absolute atomic E-state index is 12.5. The van der Waals surface area contributed by atoms with Crippen molar-refractivity contribution in [1.29, 1.82) is 10.5 Å². The molecular formula is C19H20N4O3. The molecule has 1 atom stereocenters. The van der Waals surface area contributed by atoms with E-state index in [-0.39, 0.29) is 23.2 Å². The van der Waals surface area contributed by atoms with Crippen LogP contribution in [0.4, 0.5) is 4.79 Å². The van der Waals surface area contributed by atoms with E-state index in [1.165, 1.54) is 0 Å². The molecule has 3 aliphatic heterocycles. The van der Waals surface area contributed by atoms with E-state index in [1.54, 1.807) is 17.0 Å². The maximum atomic E-state index is 12.5. The number of morpholine rings is 1. The number of nitrogens with zero attached hydrogens (tertiary/aromatic N) is 3. The lowest BCUT2D eigenvalue weighted by atomic mass is 9.63. The number of nitriles is 2. The molecule has 3 heterocycles. The van der Waals surface area contributed by atoms with Crippen LogP contribution < -0.4 is 5.32 Å². The van der Waals surface area contributed by atoms with Gasteiger partial charge in [-0.15, -0.1) is 0 Å². The highest BCUT2D eigenvalue weighted by Gasteiger charge is 2.63. The van der Waals surface area contributed by atoms with Crippen molar-refractivity contribution in [2.24, 2.45) is 5.41 Å². The van der Waals surface area contributed by atoms with Crippen LogP contribution in [0.25, 0.3) is 0 Å². The summed E-state index contributed by atoms with van der Waals surface area (Å²) >= 11 is 0. The third kappa shape index (κ3) is 2.90. The number of carbonyl (C=O) groups excluding carboxylic acids is 1. The summed E-state index contributed by atoms with van der Waals surface area (Å²) in [6, 6.07) is 11.5. The standard InChI is InChI=1S/C19H20N4O3/c20-7-14-1-3-15(4-2-14)16-8-23(5-6-25-16)17(24)22-12-19-9-18(10-19,11-21)13-26-19/h1-4,16H,5-6,8-10,12-13H2,(H,22,24). The predicted octanol–water partition coefficient (Wildman–Crippen LogP) is 1.71. The molecule has 4 fully saturated rings. The zero-order valence-corrected chi connectivity index (χ0v) is 14.4. The van der Waals surface area contributed by atoms with Gasteiger partial charge in [0.05, 0.1) is 48.5 Å². The van der Waals surface area contributed by atoms with Crippen LogP contribution in [-0.4, -0.2) is 49.4 Å². The average Bonchev–Trinajstić information content (AvgIpc) is 3.23. The summed E-state index contributed by atoms with van der Waals surface area (Å²) < 4.78 is 11.5. The van der Waals surface area contributed by atoms with Crippen molar-refractivity contribution in [3.8, 4) is 12.1 Å². The number of amides is 2. The topological polar surface area (TPSA) is 98.4 Å². The van der Waals surface area contributed by atoms with Crippen molar-refractivity contribution in [3.63, 3.8) is 0 Å². The summed E-state index contributed by atoms with van der Waals surface area (Å²) in [6.45, 7) is 2.38. The van der Waals surface area contributed by atoms with E-state index in [2.05, 4.69) is 17.5 Å². The van der Waals surface area contributed by atoms with Gasteiger partial charge >= 0.3 is 6.03 Å². The molecule has 26 heavy (non-hydrogen) atoms. The van der Waals surface area contributed by atoms with Crippen LogP contribution in [0.5, 0.6) is 0 Å². The van der Waals surface area contributed by atoms with Crippen LogP contribution in [0, 0.1) is 28.1 Å². The van der Waals surface area contributed by atoms with E-state index in [0.29, 0.717) is 51.3 Å². The Labute approximate surface area is 152 Å². The number of fused-ring (bicyclic) bond motifs is 1. The first-order valence-electron chi connectivity index (χ1n) is 8.77. The minimum atomic E-state index is -0.357. The van der Waals surface area contributed by atoms with Gasteiger partial charge in [0.25, 0.3) is 0 Å². The normalized spacial score (nSPS) is 32.2. The van der Waals surface area contributed by atoms with Crippen LogP contribution in [-0.2, 0) is 9.47 Å². The lowest BCUT2D eigenvalue weighted by molar-refractivity contribution is -0.0208. The van der Waals surface area contributed by atoms with Gasteiger partial charge in [-0.25, -0.2) is 4.79 Å². The fourth-order valence-electron chi connectivity index (χ4n) is 4.12. The Bertz CT molecular complexity index is 786. The summed E-state index contributed by atoms with van der Waals surface area (Å²) in [6.07, 6.45) is 1.21. The maximum Gasteiger partial charge on any atom is 0.317 e. The van der Waals surface area contributed by atoms with Crippen molar-refractivity contribution in [2.45, 2.75) is 24.5 Å². The molecule has 1 unspecified atom stereocenters. The second kappa shape index (κ2) is 6.28. The second-order valence-corrected chi connectivity index (χ2v) is 7.42. The van der Waals surface area contributed by atoms with Crippen LogP contribution in [0.3, 0.4) is 0 Å². The zero-order valence-electron chi connectivity index (χ0n) is 14.4. The minimum absolute atomic E-state index is 0.133. The monoisotopic (exact) mass is 352 g/mol. The van der Waals surface area contributed by atoms with Crippen molar-refractivity contribution in [1.82, 2.24) is 10.2 Å². The number of carbonyl (C=O) groups is 1. The molecule has 2 bridgehead atoms. The highest BCUT2D eigenvalue weighted by Crippen LogP contribution is 2.57. The lowest BCUT2D eigenvalue weighted by Gasteiger charge is -2.41. The molecule has 1 aromatic rings. The van der Waals surface area contributed by atoms with Gasteiger partial charge in [0, 0.05) is 13.1 Å². The smallest absolute Gasteiger partial charge is 0.317 e. The summed E-state index contributed by atoms with van der Waals surface area (Å²) in [4.78, 5) is 14.3. The van der Waals surface area contributed by atoms with Gasteiger partial charge in [0.2, 0.25) is 0 Å². The van der Waals surface area contributed by atoms with E-state index < -0.39 is 0 Å². The van der Waals surface area contributed by atoms with Gasteiger partial charge in [-0.3, -0.25) is 0 Å². The second-order valence-electron chi connectivity index (χ2n) is 7.42. The van der Waals surface area contributed by atoms with Crippen molar-refractivity contribution >= 4 is 6.03 Å². The van der Waals surface area contributed by atoms with Crippen LogP contribution in [0.1, 0.15) is 30.1 Å². The van der Waals surface area contributed by atoms with E-state index >= 15 is 0 Å². The molecule has 2 amide bonds. The van der Waals surface area contributed by atoms with Gasteiger partial charge in [0.15, 0.2) is 0 Å². The SMILES string of the molecule is N#Cc1ccc(C2CN(C(=O)NCC34CC(C#N)(CO3)C4)CCO2)cc1. The van der Waals surface area contributed by atoms with Crippen molar-refractivity contribution in [3.05, 3.63) is 35.4 Å². The summed E-state index contributed by atoms with van der Waals surface area (Å²) in [5.41, 5.74) is 0.870. The Hall–Kier alpha value is -2.61. The fraction of sp³-hybridized carbons (Fsp3) is 0.526.